The van der Waals surface area contributed by atoms with Gasteiger partial charge in [0.05, 0.1) is 36.6 Å². The predicted molar refractivity (Wildman–Crippen MR) is 150 cm³/mol. The van der Waals surface area contributed by atoms with Crippen molar-refractivity contribution in [3.8, 4) is 17.2 Å². The van der Waals surface area contributed by atoms with Crippen LogP contribution in [0.25, 0.3) is 5.76 Å². The highest BCUT2D eigenvalue weighted by Crippen LogP contribution is 2.44. The van der Waals surface area contributed by atoms with E-state index in [-0.39, 0.29) is 17.4 Å². The molecule has 0 radical (unpaired) electrons. The lowest BCUT2D eigenvalue weighted by atomic mass is 9.94. The Morgan fingerprint density at radius 1 is 1.05 bits per heavy atom. The number of rotatable bonds is 7. The molecule has 5 rings (SSSR count). The summed E-state index contributed by atoms with van der Waals surface area (Å²) in [5.74, 6) is 0.216. The number of likely N-dealkylation sites (N-methyl/N-ethyl adjacent to an activating group) is 1. The quantitative estimate of drug-likeness (QED) is 0.252. The van der Waals surface area contributed by atoms with Crippen LogP contribution in [0.4, 0.5) is 11.4 Å². The fourth-order valence-electron chi connectivity index (χ4n) is 4.96. The van der Waals surface area contributed by atoms with Gasteiger partial charge < -0.3 is 24.2 Å². The Hall–Kier alpha value is -4.46. The van der Waals surface area contributed by atoms with Gasteiger partial charge >= 0.3 is 0 Å². The largest absolute Gasteiger partial charge is 0.507 e. The molecule has 2 aliphatic rings. The number of ether oxygens (including phenoxy) is 3. The Bertz CT molecular complexity index is 1430. The molecular formula is C31H32N2O6. The topological polar surface area (TPSA) is 88.5 Å². The average molecular weight is 529 g/mol. The number of carbonyl (C=O) groups excluding carboxylic acids is 2. The number of carbonyl (C=O) groups is 2. The molecular weight excluding hydrogens is 496 g/mol. The second-order valence-electron chi connectivity index (χ2n) is 9.79. The molecule has 1 N–H and O–H groups in total. The van der Waals surface area contributed by atoms with Crippen LogP contribution in [0.15, 0.2) is 72.3 Å². The number of fused-ring (bicyclic) bond motifs is 1. The van der Waals surface area contributed by atoms with Crippen molar-refractivity contribution in [2.45, 2.75) is 32.9 Å². The van der Waals surface area contributed by atoms with Crippen LogP contribution in [0, 0.1) is 0 Å². The molecule has 1 unspecified atom stereocenters. The predicted octanol–water partition coefficient (Wildman–Crippen LogP) is 5.33. The van der Waals surface area contributed by atoms with Crippen molar-refractivity contribution in [2.75, 3.05) is 36.6 Å². The van der Waals surface area contributed by atoms with Gasteiger partial charge in [-0.1, -0.05) is 18.2 Å². The van der Waals surface area contributed by atoms with E-state index in [0.717, 1.165) is 5.69 Å². The molecule has 0 aliphatic carbocycles. The molecule has 1 fully saturated rings. The van der Waals surface area contributed by atoms with Gasteiger partial charge in [0.15, 0.2) is 0 Å². The van der Waals surface area contributed by atoms with Gasteiger partial charge in [0.25, 0.3) is 11.7 Å². The average Bonchev–Trinajstić information content (AvgIpc) is 3.19. The number of ketones is 1. The molecule has 1 atom stereocenters. The van der Waals surface area contributed by atoms with Gasteiger partial charge in [-0.2, -0.15) is 0 Å². The maximum absolute atomic E-state index is 13.6. The van der Waals surface area contributed by atoms with Gasteiger partial charge in [-0.05, 0) is 68.8 Å². The summed E-state index contributed by atoms with van der Waals surface area (Å²) in [6.45, 7) is 7.48. The van der Waals surface area contributed by atoms with Crippen LogP contribution in [0.1, 0.15) is 37.9 Å². The lowest BCUT2D eigenvalue weighted by Crippen LogP contribution is -2.29. The number of hydrogen-bond donors (Lipinski definition) is 1. The smallest absolute Gasteiger partial charge is 0.300 e. The summed E-state index contributed by atoms with van der Waals surface area (Å²) >= 11 is 0. The van der Waals surface area contributed by atoms with Gasteiger partial charge in [-0.3, -0.25) is 14.5 Å². The summed E-state index contributed by atoms with van der Waals surface area (Å²) in [6.07, 6.45) is -0.00564. The molecule has 0 spiro atoms. The number of hydrogen-bond acceptors (Lipinski definition) is 7. The molecule has 39 heavy (non-hydrogen) atoms. The zero-order valence-corrected chi connectivity index (χ0v) is 22.5. The van der Waals surface area contributed by atoms with E-state index in [0.29, 0.717) is 53.8 Å². The summed E-state index contributed by atoms with van der Waals surface area (Å²) < 4.78 is 17.2. The van der Waals surface area contributed by atoms with Crippen LogP contribution < -0.4 is 24.0 Å². The van der Waals surface area contributed by atoms with E-state index in [1.807, 2.05) is 44.9 Å². The van der Waals surface area contributed by atoms with Gasteiger partial charge in [0.2, 0.25) is 0 Å². The molecule has 8 nitrogen and oxygen atoms in total. The van der Waals surface area contributed by atoms with Crippen molar-refractivity contribution in [1.82, 2.24) is 0 Å². The molecule has 2 aliphatic heterocycles. The first-order valence-corrected chi connectivity index (χ1v) is 13.1. The minimum Gasteiger partial charge on any atom is -0.507 e. The number of aliphatic hydroxyl groups excluding tert-OH is 1. The van der Waals surface area contributed by atoms with Gasteiger partial charge in [0.1, 0.15) is 29.6 Å². The third-order valence-electron chi connectivity index (χ3n) is 6.75. The minimum absolute atomic E-state index is 0.00564. The third-order valence-corrected chi connectivity index (χ3v) is 6.75. The highest BCUT2D eigenvalue weighted by atomic mass is 16.5. The van der Waals surface area contributed by atoms with Crippen LogP contribution in [0.3, 0.4) is 0 Å². The van der Waals surface area contributed by atoms with E-state index < -0.39 is 17.7 Å². The summed E-state index contributed by atoms with van der Waals surface area (Å²) in [7, 11) is 1.94. The highest BCUT2D eigenvalue weighted by molar-refractivity contribution is 6.51. The molecule has 0 bridgehead atoms. The zero-order chi connectivity index (χ0) is 27.7. The Morgan fingerprint density at radius 3 is 2.54 bits per heavy atom. The van der Waals surface area contributed by atoms with Crippen molar-refractivity contribution >= 4 is 28.8 Å². The number of aliphatic hydroxyl groups is 1. The number of anilines is 2. The molecule has 8 heteroatoms. The molecule has 2 heterocycles. The maximum atomic E-state index is 13.6. The fraction of sp³-hybridized carbons (Fsp3) is 0.290. The number of Topliss-reactive ketones (excluding diaryl/α,β-unsaturated/α-hetero) is 1. The molecule has 3 aromatic rings. The zero-order valence-electron chi connectivity index (χ0n) is 22.5. The summed E-state index contributed by atoms with van der Waals surface area (Å²) in [4.78, 5) is 30.5. The van der Waals surface area contributed by atoms with Crippen LogP contribution in [0.2, 0.25) is 0 Å². The standard InChI is InChI=1S/C31H32N2O6/c1-5-37-24-8-6-7-22(18-24)33-28(20-9-12-23(13-10-20)39-19(2)3)27(30(35)31(33)36)29(34)21-11-14-26-25(17-21)32(4)15-16-38-26/h6-14,17-19,28,34H,5,15-16H2,1-4H3/b29-27-. The van der Waals surface area contributed by atoms with Crippen molar-refractivity contribution in [3.63, 3.8) is 0 Å². The van der Waals surface area contributed by atoms with E-state index in [9.17, 15) is 14.7 Å². The molecule has 3 aromatic carbocycles. The first-order chi connectivity index (χ1) is 18.8. The van der Waals surface area contributed by atoms with Crippen molar-refractivity contribution in [1.29, 1.82) is 0 Å². The van der Waals surface area contributed by atoms with Crippen molar-refractivity contribution in [2.24, 2.45) is 0 Å². The van der Waals surface area contributed by atoms with Crippen LogP contribution in [-0.4, -0.2) is 49.7 Å². The fourth-order valence-corrected chi connectivity index (χ4v) is 4.96. The number of benzene rings is 3. The number of nitrogens with zero attached hydrogens (tertiary/aromatic N) is 2. The Balaban J connectivity index is 1.66. The van der Waals surface area contributed by atoms with E-state index >= 15 is 0 Å². The highest BCUT2D eigenvalue weighted by Gasteiger charge is 2.47. The molecule has 0 aromatic heterocycles. The first-order valence-electron chi connectivity index (χ1n) is 13.1. The number of amides is 1. The Labute approximate surface area is 228 Å². The lowest BCUT2D eigenvalue weighted by molar-refractivity contribution is -0.132. The maximum Gasteiger partial charge on any atom is 0.300 e. The Kier molecular flexibility index (Phi) is 7.19. The van der Waals surface area contributed by atoms with Crippen LogP contribution in [-0.2, 0) is 9.59 Å². The third kappa shape index (κ3) is 5.02. The first kappa shape index (κ1) is 26.2. The summed E-state index contributed by atoms with van der Waals surface area (Å²) in [6, 6.07) is 18.7. The van der Waals surface area contributed by atoms with Crippen molar-refractivity contribution in [3.05, 3.63) is 83.4 Å². The van der Waals surface area contributed by atoms with E-state index in [4.69, 9.17) is 14.2 Å². The summed E-state index contributed by atoms with van der Waals surface area (Å²) in [5.41, 5.74) is 2.39. The monoisotopic (exact) mass is 528 g/mol. The van der Waals surface area contributed by atoms with E-state index in [1.165, 1.54) is 4.90 Å². The lowest BCUT2D eigenvalue weighted by Gasteiger charge is -2.28. The molecule has 0 saturated carbocycles. The summed E-state index contributed by atoms with van der Waals surface area (Å²) in [5, 5.41) is 11.6. The van der Waals surface area contributed by atoms with E-state index in [1.54, 1.807) is 54.6 Å². The Morgan fingerprint density at radius 2 is 1.82 bits per heavy atom. The van der Waals surface area contributed by atoms with Gasteiger partial charge in [-0.25, -0.2) is 0 Å². The second-order valence-corrected chi connectivity index (χ2v) is 9.79. The minimum atomic E-state index is -0.861. The normalized spacial score (nSPS) is 18.2. The van der Waals surface area contributed by atoms with E-state index in [2.05, 4.69) is 0 Å². The van der Waals surface area contributed by atoms with Crippen LogP contribution >= 0.6 is 0 Å². The SMILES string of the molecule is CCOc1cccc(N2C(=O)C(=O)/C(=C(\O)c3ccc4c(c3)N(C)CCO4)C2c2ccc(OC(C)C)cc2)c1. The van der Waals surface area contributed by atoms with Crippen molar-refractivity contribution < 1.29 is 28.9 Å². The molecule has 202 valence electrons. The molecule has 1 saturated heterocycles. The molecule has 1 amide bonds. The van der Waals surface area contributed by atoms with Crippen LogP contribution in [0.5, 0.6) is 17.2 Å². The van der Waals surface area contributed by atoms with Gasteiger partial charge in [0, 0.05) is 24.4 Å². The second kappa shape index (κ2) is 10.7. The van der Waals surface area contributed by atoms with Gasteiger partial charge in [-0.15, -0.1) is 0 Å².